The minimum Gasteiger partial charge on any atom is -0.493 e. The molecular formula is C22H23NO5. The molecule has 1 atom stereocenters. The average Bonchev–Trinajstić information content (AvgIpc) is 3.11. The maximum absolute atomic E-state index is 12.8. The van der Waals surface area contributed by atoms with Crippen LogP contribution >= 0.6 is 0 Å². The molecule has 4 rings (SSSR count). The van der Waals surface area contributed by atoms with Crippen molar-refractivity contribution in [1.82, 2.24) is 4.90 Å². The van der Waals surface area contributed by atoms with Crippen molar-refractivity contribution in [3.05, 3.63) is 53.6 Å². The molecule has 0 aromatic heterocycles. The minimum absolute atomic E-state index is 0.0130. The molecule has 1 saturated heterocycles. The summed E-state index contributed by atoms with van der Waals surface area (Å²) in [5.41, 5.74) is 0.872. The Morgan fingerprint density at radius 2 is 1.93 bits per heavy atom. The van der Waals surface area contributed by atoms with E-state index in [1.165, 1.54) is 0 Å². The summed E-state index contributed by atoms with van der Waals surface area (Å²) in [4.78, 5) is 27.2. The van der Waals surface area contributed by atoms with Gasteiger partial charge < -0.3 is 19.1 Å². The molecule has 6 nitrogen and oxygen atoms in total. The molecular weight excluding hydrogens is 358 g/mol. The lowest BCUT2D eigenvalue weighted by atomic mass is 9.89. The van der Waals surface area contributed by atoms with Crippen molar-refractivity contribution in [2.24, 2.45) is 0 Å². The number of hydrogen-bond acceptors (Lipinski definition) is 5. The predicted octanol–water partition coefficient (Wildman–Crippen LogP) is 2.88. The molecule has 0 saturated carbocycles. The van der Waals surface area contributed by atoms with E-state index < -0.39 is 5.60 Å². The first-order chi connectivity index (χ1) is 13.5. The van der Waals surface area contributed by atoms with Crippen LogP contribution in [0.2, 0.25) is 0 Å². The van der Waals surface area contributed by atoms with Crippen LogP contribution in [0.5, 0.6) is 17.2 Å². The number of fused-ring (bicyclic) bond motifs is 1. The first-order valence-corrected chi connectivity index (χ1v) is 9.33. The van der Waals surface area contributed by atoms with Gasteiger partial charge in [-0.3, -0.25) is 9.59 Å². The summed E-state index contributed by atoms with van der Waals surface area (Å²) in [5.74, 6) is 1.94. The number of amides is 1. The maximum atomic E-state index is 12.8. The first-order valence-electron chi connectivity index (χ1n) is 9.33. The highest BCUT2D eigenvalue weighted by Crippen LogP contribution is 2.38. The molecule has 2 heterocycles. The standard InChI is InChI=1S/C22H23NO5/c1-26-19-8-7-15(11-20(19)27-2)12-21(25)23-10-9-22(14-23)13-17(24)16-5-3-4-6-18(16)28-22/h3-8,11H,9-10,12-14H2,1-2H3. The van der Waals surface area contributed by atoms with Gasteiger partial charge in [-0.25, -0.2) is 0 Å². The minimum atomic E-state index is -0.612. The summed E-state index contributed by atoms with van der Waals surface area (Å²) < 4.78 is 16.7. The van der Waals surface area contributed by atoms with E-state index in [0.717, 1.165) is 5.56 Å². The molecule has 28 heavy (non-hydrogen) atoms. The number of ether oxygens (including phenoxy) is 3. The first kappa shape index (κ1) is 18.3. The van der Waals surface area contributed by atoms with Gasteiger partial charge in [0.2, 0.25) is 5.91 Å². The Bertz CT molecular complexity index is 925. The van der Waals surface area contributed by atoms with Crippen molar-refractivity contribution in [3.8, 4) is 17.2 Å². The SMILES string of the molecule is COc1ccc(CC(=O)N2CCC3(CC(=O)c4ccccc4O3)C2)cc1OC. The largest absolute Gasteiger partial charge is 0.493 e. The Balaban J connectivity index is 1.46. The number of rotatable bonds is 4. The van der Waals surface area contributed by atoms with Gasteiger partial charge in [0.1, 0.15) is 11.4 Å². The lowest BCUT2D eigenvalue weighted by molar-refractivity contribution is -0.130. The van der Waals surface area contributed by atoms with Crippen LogP contribution < -0.4 is 14.2 Å². The number of methoxy groups -OCH3 is 2. The summed E-state index contributed by atoms with van der Waals surface area (Å²) in [7, 11) is 3.15. The summed E-state index contributed by atoms with van der Waals surface area (Å²) in [5, 5.41) is 0. The molecule has 1 unspecified atom stereocenters. The van der Waals surface area contributed by atoms with Crippen LogP contribution in [0.25, 0.3) is 0 Å². The maximum Gasteiger partial charge on any atom is 0.227 e. The zero-order valence-corrected chi connectivity index (χ0v) is 16.1. The van der Waals surface area contributed by atoms with Crippen molar-refractivity contribution >= 4 is 11.7 Å². The second kappa shape index (κ2) is 7.19. The van der Waals surface area contributed by atoms with E-state index >= 15 is 0 Å². The second-order valence-corrected chi connectivity index (χ2v) is 7.31. The Kier molecular flexibility index (Phi) is 4.71. The van der Waals surface area contributed by atoms with Crippen molar-refractivity contribution in [3.63, 3.8) is 0 Å². The normalized spacial score (nSPS) is 20.6. The molecule has 2 aliphatic heterocycles. The number of ketones is 1. The molecule has 0 radical (unpaired) electrons. The van der Waals surface area contributed by atoms with Gasteiger partial charge in [-0.05, 0) is 29.8 Å². The van der Waals surface area contributed by atoms with Gasteiger partial charge >= 0.3 is 0 Å². The predicted molar refractivity (Wildman–Crippen MR) is 103 cm³/mol. The topological polar surface area (TPSA) is 65.1 Å². The smallest absolute Gasteiger partial charge is 0.227 e. The second-order valence-electron chi connectivity index (χ2n) is 7.31. The molecule has 1 fully saturated rings. The van der Waals surface area contributed by atoms with Crippen molar-refractivity contribution in [2.45, 2.75) is 24.9 Å². The van der Waals surface area contributed by atoms with Crippen LogP contribution in [0.1, 0.15) is 28.8 Å². The Morgan fingerprint density at radius 3 is 2.71 bits per heavy atom. The number of likely N-dealkylation sites (tertiary alicyclic amines) is 1. The van der Waals surface area contributed by atoms with E-state index in [-0.39, 0.29) is 18.1 Å². The van der Waals surface area contributed by atoms with E-state index in [9.17, 15) is 9.59 Å². The van der Waals surface area contributed by atoms with E-state index in [2.05, 4.69) is 0 Å². The van der Waals surface area contributed by atoms with Crippen LogP contribution in [0.3, 0.4) is 0 Å². The number of nitrogens with zero attached hydrogens (tertiary/aromatic N) is 1. The van der Waals surface area contributed by atoms with Gasteiger partial charge in [0.05, 0.1) is 39.2 Å². The summed E-state index contributed by atoms with van der Waals surface area (Å²) in [6, 6.07) is 12.8. The van der Waals surface area contributed by atoms with Crippen LogP contribution in [-0.2, 0) is 11.2 Å². The fourth-order valence-electron chi connectivity index (χ4n) is 4.01. The molecule has 1 amide bonds. The van der Waals surface area contributed by atoms with E-state index in [4.69, 9.17) is 14.2 Å². The zero-order chi connectivity index (χ0) is 19.7. The quantitative estimate of drug-likeness (QED) is 0.815. The molecule has 1 spiro atoms. The van der Waals surface area contributed by atoms with Crippen LogP contribution in [0.15, 0.2) is 42.5 Å². The molecule has 6 heteroatoms. The average molecular weight is 381 g/mol. The fourth-order valence-corrected chi connectivity index (χ4v) is 4.01. The van der Waals surface area contributed by atoms with Crippen molar-refractivity contribution < 1.29 is 23.8 Å². The van der Waals surface area contributed by atoms with Crippen LogP contribution in [-0.4, -0.2) is 49.5 Å². The summed E-state index contributed by atoms with van der Waals surface area (Å²) in [6.07, 6.45) is 1.23. The Morgan fingerprint density at radius 1 is 1.14 bits per heavy atom. The molecule has 2 aromatic carbocycles. The van der Waals surface area contributed by atoms with Gasteiger partial charge in [0.15, 0.2) is 17.3 Å². The van der Waals surface area contributed by atoms with E-state index in [1.54, 1.807) is 31.3 Å². The highest BCUT2D eigenvalue weighted by molar-refractivity contribution is 6.00. The molecule has 2 aliphatic rings. The van der Waals surface area contributed by atoms with Crippen molar-refractivity contribution in [1.29, 1.82) is 0 Å². The number of Topliss-reactive ketones (excluding diaryl/α,β-unsaturated/α-hetero) is 1. The molecule has 146 valence electrons. The third kappa shape index (κ3) is 3.30. The highest BCUT2D eigenvalue weighted by Gasteiger charge is 2.46. The Labute approximate surface area is 164 Å². The fraction of sp³-hybridized carbons (Fsp3) is 0.364. The summed E-state index contributed by atoms with van der Waals surface area (Å²) in [6.45, 7) is 1.01. The van der Waals surface area contributed by atoms with Gasteiger partial charge in [0.25, 0.3) is 0 Å². The number of carbonyl (C=O) groups excluding carboxylic acids is 2. The number of hydrogen-bond donors (Lipinski definition) is 0. The van der Waals surface area contributed by atoms with Crippen LogP contribution in [0.4, 0.5) is 0 Å². The van der Waals surface area contributed by atoms with Crippen molar-refractivity contribution in [2.75, 3.05) is 27.3 Å². The lowest BCUT2D eigenvalue weighted by Crippen LogP contribution is -2.45. The molecule has 0 aliphatic carbocycles. The molecule has 2 aromatic rings. The highest BCUT2D eigenvalue weighted by atomic mass is 16.5. The summed E-state index contributed by atoms with van der Waals surface area (Å²) >= 11 is 0. The number of benzene rings is 2. The van der Waals surface area contributed by atoms with Gasteiger partial charge in [0, 0.05) is 13.0 Å². The molecule has 0 N–H and O–H groups in total. The Hall–Kier alpha value is -3.02. The van der Waals surface area contributed by atoms with Gasteiger partial charge in [-0.15, -0.1) is 0 Å². The van der Waals surface area contributed by atoms with Crippen LogP contribution in [0, 0.1) is 0 Å². The molecule has 0 bridgehead atoms. The lowest BCUT2D eigenvalue weighted by Gasteiger charge is -2.34. The third-order valence-electron chi connectivity index (χ3n) is 5.47. The van der Waals surface area contributed by atoms with E-state index in [1.807, 2.05) is 30.3 Å². The zero-order valence-electron chi connectivity index (χ0n) is 16.1. The number of carbonyl (C=O) groups is 2. The third-order valence-corrected chi connectivity index (χ3v) is 5.47. The number of para-hydroxylation sites is 1. The van der Waals surface area contributed by atoms with E-state index in [0.29, 0.717) is 48.7 Å². The van der Waals surface area contributed by atoms with Gasteiger partial charge in [-0.1, -0.05) is 18.2 Å². The van der Waals surface area contributed by atoms with Gasteiger partial charge in [-0.2, -0.15) is 0 Å². The monoisotopic (exact) mass is 381 g/mol.